The highest BCUT2D eigenvalue weighted by molar-refractivity contribution is 5.46. The summed E-state index contributed by atoms with van der Waals surface area (Å²) in [7, 11) is 0. The number of rotatable bonds is 4. The molecule has 0 atom stereocenters. The second kappa shape index (κ2) is 4.21. The summed E-state index contributed by atoms with van der Waals surface area (Å²) in [5.74, 6) is 0. The lowest BCUT2D eigenvalue weighted by Crippen LogP contribution is -2.46. The predicted octanol–water partition coefficient (Wildman–Crippen LogP) is 1.27. The van der Waals surface area contributed by atoms with Crippen LogP contribution in [0.3, 0.4) is 0 Å². The van der Waals surface area contributed by atoms with E-state index in [1.807, 2.05) is 24.3 Å². The second-order valence-electron chi connectivity index (χ2n) is 4.38. The summed E-state index contributed by atoms with van der Waals surface area (Å²) in [4.78, 5) is 0. The van der Waals surface area contributed by atoms with Crippen LogP contribution in [-0.2, 0) is 6.54 Å². The average molecular weight is 206 g/mol. The molecule has 2 rings (SSSR count). The molecule has 0 bridgehead atoms. The van der Waals surface area contributed by atoms with Crippen LogP contribution in [0.15, 0.2) is 24.3 Å². The number of anilines is 1. The van der Waals surface area contributed by atoms with E-state index in [-0.39, 0.29) is 0 Å². The molecule has 1 saturated carbocycles. The van der Waals surface area contributed by atoms with Gasteiger partial charge in [-0.25, -0.2) is 0 Å². The Morgan fingerprint density at radius 1 is 1.33 bits per heavy atom. The number of hydrogen-bond acceptors (Lipinski definition) is 3. The molecule has 0 heterocycles. The minimum atomic E-state index is -0.455. The number of nitrogens with one attached hydrogen (secondary N) is 1. The van der Waals surface area contributed by atoms with Crippen LogP contribution in [0, 0.1) is 0 Å². The van der Waals surface area contributed by atoms with Crippen LogP contribution in [0.2, 0.25) is 0 Å². The van der Waals surface area contributed by atoms with Crippen LogP contribution < -0.4 is 11.1 Å². The van der Waals surface area contributed by atoms with E-state index in [9.17, 15) is 5.11 Å². The average Bonchev–Trinajstić information content (AvgIpc) is 2.18. The van der Waals surface area contributed by atoms with Gasteiger partial charge in [0.25, 0.3) is 0 Å². The fourth-order valence-electron chi connectivity index (χ4n) is 1.89. The first-order valence-corrected chi connectivity index (χ1v) is 5.46. The van der Waals surface area contributed by atoms with Gasteiger partial charge in [0.2, 0.25) is 0 Å². The summed E-state index contributed by atoms with van der Waals surface area (Å²) < 4.78 is 0. The standard InChI is InChI=1S/C12H18N2O/c13-11-5-2-1-4-10(11)8-14-9-12(15)6-3-7-12/h1-2,4-5,14-15H,3,6-9,13H2. The SMILES string of the molecule is Nc1ccccc1CNCC1(O)CCC1. The molecule has 1 aromatic rings. The molecule has 0 spiro atoms. The van der Waals surface area contributed by atoms with Crippen molar-refractivity contribution in [3.05, 3.63) is 29.8 Å². The molecule has 4 N–H and O–H groups in total. The molecule has 0 amide bonds. The zero-order valence-corrected chi connectivity index (χ0v) is 8.87. The number of hydrogen-bond donors (Lipinski definition) is 3. The maximum atomic E-state index is 9.86. The van der Waals surface area contributed by atoms with E-state index in [0.717, 1.165) is 37.1 Å². The molecule has 82 valence electrons. The molecule has 1 fully saturated rings. The molecule has 0 radical (unpaired) electrons. The van der Waals surface area contributed by atoms with Gasteiger partial charge < -0.3 is 16.2 Å². The van der Waals surface area contributed by atoms with Gasteiger partial charge in [-0.3, -0.25) is 0 Å². The Hall–Kier alpha value is -1.06. The molecule has 0 aliphatic heterocycles. The van der Waals surface area contributed by atoms with E-state index in [2.05, 4.69) is 5.32 Å². The first kappa shape index (κ1) is 10.5. The zero-order valence-electron chi connectivity index (χ0n) is 8.87. The lowest BCUT2D eigenvalue weighted by Gasteiger charge is -2.36. The van der Waals surface area contributed by atoms with Crippen molar-refractivity contribution in [3.63, 3.8) is 0 Å². The summed E-state index contributed by atoms with van der Waals surface area (Å²) >= 11 is 0. The van der Waals surface area contributed by atoms with E-state index in [4.69, 9.17) is 5.73 Å². The third-order valence-corrected chi connectivity index (χ3v) is 3.11. The van der Waals surface area contributed by atoms with Crippen LogP contribution in [0.25, 0.3) is 0 Å². The molecule has 1 aliphatic carbocycles. The van der Waals surface area contributed by atoms with Crippen molar-refractivity contribution in [2.45, 2.75) is 31.4 Å². The highest BCUT2D eigenvalue weighted by Gasteiger charge is 2.33. The topological polar surface area (TPSA) is 58.3 Å². The van der Waals surface area contributed by atoms with E-state index < -0.39 is 5.60 Å². The molecule has 1 aliphatic rings. The van der Waals surface area contributed by atoms with Crippen molar-refractivity contribution < 1.29 is 5.11 Å². The summed E-state index contributed by atoms with van der Waals surface area (Å²) in [6, 6.07) is 7.81. The van der Waals surface area contributed by atoms with Gasteiger partial charge in [-0.15, -0.1) is 0 Å². The van der Waals surface area contributed by atoms with Crippen molar-refractivity contribution in [2.75, 3.05) is 12.3 Å². The van der Waals surface area contributed by atoms with Crippen molar-refractivity contribution in [3.8, 4) is 0 Å². The minimum Gasteiger partial charge on any atom is -0.398 e. The zero-order chi connectivity index (χ0) is 10.7. The molecule has 15 heavy (non-hydrogen) atoms. The molecule has 0 unspecified atom stereocenters. The highest BCUT2D eigenvalue weighted by atomic mass is 16.3. The van der Waals surface area contributed by atoms with Gasteiger partial charge in [0.1, 0.15) is 0 Å². The Morgan fingerprint density at radius 3 is 2.67 bits per heavy atom. The van der Waals surface area contributed by atoms with Crippen molar-refractivity contribution in [1.29, 1.82) is 0 Å². The van der Waals surface area contributed by atoms with E-state index in [1.54, 1.807) is 0 Å². The van der Waals surface area contributed by atoms with Gasteiger partial charge in [0, 0.05) is 18.8 Å². The fraction of sp³-hybridized carbons (Fsp3) is 0.500. The molecule has 0 aromatic heterocycles. The predicted molar refractivity (Wildman–Crippen MR) is 61.4 cm³/mol. The minimum absolute atomic E-state index is 0.455. The molecule has 1 aromatic carbocycles. The number of aliphatic hydroxyl groups is 1. The Morgan fingerprint density at radius 2 is 2.07 bits per heavy atom. The van der Waals surface area contributed by atoms with Crippen LogP contribution in [-0.4, -0.2) is 17.3 Å². The van der Waals surface area contributed by atoms with Gasteiger partial charge in [-0.05, 0) is 30.9 Å². The monoisotopic (exact) mass is 206 g/mol. The molecular formula is C12H18N2O. The summed E-state index contributed by atoms with van der Waals surface area (Å²) in [5, 5.41) is 13.1. The van der Waals surface area contributed by atoms with E-state index in [0.29, 0.717) is 6.54 Å². The first-order chi connectivity index (χ1) is 7.20. The Kier molecular flexibility index (Phi) is 2.93. The lowest BCUT2D eigenvalue weighted by molar-refractivity contribution is -0.0314. The number of nitrogen functional groups attached to an aromatic ring is 1. The molecular weight excluding hydrogens is 188 g/mol. The van der Waals surface area contributed by atoms with Crippen LogP contribution >= 0.6 is 0 Å². The summed E-state index contributed by atoms with van der Waals surface area (Å²) in [5.41, 5.74) is 7.27. The van der Waals surface area contributed by atoms with Gasteiger partial charge in [-0.2, -0.15) is 0 Å². The Balaban J connectivity index is 1.81. The number of para-hydroxylation sites is 1. The van der Waals surface area contributed by atoms with Crippen LogP contribution in [0.4, 0.5) is 5.69 Å². The molecule has 0 saturated heterocycles. The fourth-order valence-corrected chi connectivity index (χ4v) is 1.89. The van der Waals surface area contributed by atoms with Crippen LogP contribution in [0.5, 0.6) is 0 Å². The second-order valence-corrected chi connectivity index (χ2v) is 4.38. The van der Waals surface area contributed by atoms with Gasteiger partial charge in [-0.1, -0.05) is 18.2 Å². The van der Waals surface area contributed by atoms with Crippen LogP contribution in [0.1, 0.15) is 24.8 Å². The number of benzene rings is 1. The van der Waals surface area contributed by atoms with Crippen molar-refractivity contribution >= 4 is 5.69 Å². The van der Waals surface area contributed by atoms with E-state index in [1.165, 1.54) is 0 Å². The van der Waals surface area contributed by atoms with Gasteiger partial charge in [0.15, 0.2) is 0 Å². The largest absolute Gasteiger partial charge is 0.398 e. The molecule has 3 nitrogen and oxygen atoms in total. The summed E-state index contributed by atoms with van der Waals surface area (Å²) in [6.45, 7) is 1.40. The Bertz CT molecular complexity index is 334. The first-order valence-electron chi connectivity index (χ1n) is 5.46. The van der Waals surface area contributed by atoms with Crippen molar-refractivity contribution in [1.82, 2.24) is 5.32 Å². The highest BCUT2D eigenvalue weighted by Crippen LogP contribution is 2.30. The molecule has 3 heteroatoms. The summed E-state index contributed by atoms with van der Waals surface area (Å²) in [6.07, 6.45) is 2.99. The lowest BCUT2D eigenvalue weighted by atomic mass is 9.80. The maximum Gasteiger partial charge on any atom is 0.0771 e. The smallest absolute Gasteiger partial charge is 0.0771 e. The Labute approximate surface area is 90.3 Å². The normalized spacial score (nSPS) is 18.5. The quantitative estimate of drug-likeness (QED) is 0.650. The van der Waals surface area contributed by atoms with Crippen molar-refractivity contribution in [2.24, 2.45) is 0 Å². The van der Waals surface area contributed by atoms with E-state index >= 15 is 0 Å². The number of nitrogens with two attached hydrogens (primary N) is 1. The maximum absolute atomic E-state index is 9.86. The third-order valence-electron chi connectivity index (χ3n) is 3.11. The third kappa shape index (κ3) is 2.49. The van der Waals surface area contributed by atoms with Gasteiger partial charge >= 0.3 is 0 Å². The van der Waals surface area contributed by atoms with Gasteiger partial charge in [0.05, 0.1) is 5.60 Å².